The maximum absolute atomic E-state index is 10.2. The SMILES string of the molecule is CNC(=O)CC(=O)Cl. The van der Waals surface area contributed by atoms with E-state index in [-0.39, 0.29) is 12.3 Å². The maximum Gasteiger partial charge on any atom is 0.231 e. The van der Waals surface area contributed by atoms with Gasteiger partial charge in [0.2, 0.25) is 11.1 Å². The molecule has 0 radical (unpaired) electrons. The summed E-state index contributed by atoms with van der Waals surface area (Å²) in [5, 5.41) is 1.62. The molecule has 1 amide bonds. The quantitative estimate of drug-likeness (QED) is 0.424. The van der Waals surface area contributed by atoms with Gasteiger partial charge < -0.3 is 5.32 Å². The van der Waals surface area contributed by atoms with E-state index in [2.05, 4.69) is 5.32 Å². The normalized spacial score (nSPS) is 8.25. The van der Waals surface area contributed by atoms with Crippen molar-refractivity contribution in [2.45, 2.75) is 6.42 Å². The Morgan fingerprint density at radius 1 is 1.62 bits per heavy atom. The summed E-state index contributed by atoms with van der Waals surface area (Å²) in [6, 6.07) is 0. The second-order valence-electron chi connectivity index (χ2n) is 1.21. The number of rotatable bonds is 2. The molecule has 8 heavy (non-hydrogen) atoms. The Morgan fingerprint density at radius 2 is 2.12 bits per heavy atom. The molecule has 1 N–H and O–H groups in total. The zero-order valence-corrected chi connectivity index (χ0v) is 5.16. The molecule has 0 aliphatic carbocycles. The third-order valence-electron chi connectivity index (χ3n) is 0.578. The molecule has 0 spiro atoms. The Labute approximate surface area is 52.0 Å². The second kappa shape index (κ2) is 3.43. The van der Waals surface area contributed by atoms with E-state index in [1.54, 1.807) is 0 Å². The smallest absolute Gasteiger partial charge is 0.231 e. The van der Waals surface area contributed by atoms with Crippen LogP contribution in [0.5, 0.6) is 0 Å². The van der Waals surface area contributed by atoms with Gasteiger partial charge in [-0.05, 0) is 11.6 Å². The molecule has 4 heteroatoms. The van der Waals surface area contributed by atoms with Gasteiger partial charge in [-0.3, -0.25) is 9.59 Å². The van der Waals surface area contributed by atoms with Crippen LogP contribution in [0.15, 0.2) is 0 Å². The fourth-order valence-corrected chi connectivity index (χ4v) is 0.336. The van der Waals surface area contributed by atoms with Crippen molar-refractivity contribution in [2.24, 2.45) is 0 Å². The van der Waals surface area contributed by atoms with Gasteiger partial charge in [0.15, 0.2) is 0 Å². The highest BCUT2D eigenvalue weighted by Gasteiger charge is 2.01. The highest BCUT2D eigenvalue weighted by molar-refractivity contribution is 6.64. The van der Waals surface area contributed by atoms with Crippen LogP contribution < -0.4 is 5.32 Å². The maximum atomic E-state index is 10.2. The lowest BCUT2D eigenvalue weighted by Gasteiger charge is -1.89. The first-order chi connectivity index (χ1) is 3.66. The number of nitrogens with one attached hydrogen (secondary N) is 1. The van der Waals surface area contributed by atoms with Crippen molar-refractivity contribution >= 4 is 22.8 Å². The molecule has 0 aromatic carbocycles. The van der Waals surface area contributed by atoms with Crippen LogP contribution in [-0.2, 0) is 9.59 Å². The second-order valence-corrected chi connectivity index (χ2v) is 1.63. The topological polar surface area (TPSA) is 46.2 Å². The van der Waals surface area contributed by atoms with Crippen molar-refractivity contribution < 1.29 is 9.59 Å². The molecular formula is C4H6ClNO2. The van der Waals surface area contributed by atoms with Crippen molar-refractivity contribution in [3.05, 3.63) is 0 Å². The lowest BCUT2D eigenvalue weighted by atomic mass is 10.4. The first kappa shape index (κ1) is 7.43. The van der Waals surface area contributed by atoms with E-state index in [0.717, 1.165) is 0 Å². The van der Waals surface area contributed by atoms with E-state index in [1.165, 1.54) is 7.05 Å². The molecular weight excluding hydrogens is 130 g/mol. The van der Waals surface area contributed by atoms with Crippen LogP contribution in [-0.4, -0.2) is 18.2 Å². The first-order valence-corrected chi connectivity index (χ1v) is 2.43. The van der Waals surface area contributed by atoms with Gasteiger partial charge in [-0.15, -0.1) is 0 Å². The van der Waals surface area contributed by atoms with E-state index in [1.807, 2.05) is 0 Å². The molecule has 0 saturated heterocycles. The van der Waals surface area contributed by atoms with Gasteiger partial charge in [-0.2, -0.15) is 0 Å². The van der Waals surface area contributed by atoms with Gasteiger partial charge >= 0.3 is 0 Å². The molecule has 46 valence electrons. The molecule has 0 saturated carbocycles. The van der Waals surface area contributed by atoms with Crippen LogP contribution in [0.4, 0.5) is 0 Å². The number of hydrogen-bond acceptors (Lipinski definition) is 2. The van der Waals surface area contributed by atoms with E-state index in [0.29, 0.717) is 0 Å². The minimum Gasteiger partial charge on any atom is -0.359 e. The summed E-state index contributed by atoms with van der Waals surface area (Å²) in [5.41, 5.74) is 0. The van der Waals surface area contributed by atoms with Crippen molar-refractivity contribution in [3.8, 4) is 0 Å². The largest absolute Gasteiger partial charge is 0.359 e. The van der Waals surface area contributed by atoms with Crippen molar-refractivity contribution in [3.63, 3.8) is 0 Å². The third kappa shape index (κ3) is 3.61. The Hall–Kier alpha value is -0.570. The Bertz CT molecular complexity index is 113. The van der Waals surface area contributed by atoms with Crippen LogP contribution in [0.1, 0.15) is 6.42 Å². The average Bonchev–Trinajstić information content (AvgIpc) is 1.65. The van der Waals surface area contributed by atoms with Crippen LogP contribution in [0.25, 0.3) is 0 Å². The summed E-state index contributed by atoms with van der Waals surface area (Å²) in [7, 11) is 1.45. The van der Waals surface area contributed by atoms with E-state index in [4.69, 9.17) is 11.6 Å². The molecule has 0 rings (SSSR count). The van der Waals surface area contributed by atoms with Gasteiger partial charge in [0.25, 0.3) is 0 Å². The van der Waals surface area contributed by atoms with Gasteiger partial charge in [0.05, 0.1) is 0 Å². The number of amides is 1. The van der Waals surface area contributed by atoms with Crippen LogP contribution >= 0.6 is 11.6 Å². The van der Waals surface area contributed by atoms with E-state index in [9.17, 15) is 9.59 Å². The molecule has 0 atom stereocenters. The standard InChI is InChI=1S/C4H6ClNO2/c1-6-4(8)2-3(5)7/h2H2,1H3,(H,6,8). The monoisotopic (exact) mass is 135 g/mol. The fourth-order valence-electron chi connectivity index (χ4n) is 0.215. The highest BCUT2D eigenvalue weighted by Crippen LogP contribution is 1.85. The van der Waals surface area contributed by atoms with Gasteiger partial charge in [0.1, 0.15) is 6.42 Å². The van der Waals surface area contributed by atoms with E-state index < -0.39 is 5.24 Å². The summed E-state index contributed by atoms with van der Waals surface area (Å²) in [6.07, 6.45) is -0.238. The lowest BCUT2D eigenvalue weighted by molar-refractivity contribution is -0.124. The van der Waals surface area contributed by atoms with Crippen LogP contribution in [0.2, 0.25) is 0 Å². The van der Waals surface area contributed by atoms with Crippen LogP contribution in [0, 0.1) is 0 Å². The lowest BCUT2D eigenvalue weighted by Crippen LogP contribution is -2.19. The summed E-state index contributed by atoms with van der Waals surface area (Å²) < 4.78 is 0. The Kier molecular flexibility index (Phi) is 3.19. The summed E-state index contributed by atoms with van der Waals surface area (Å²) >= 11 is 4.85. The molecule has 0 aromatic rings. The number of carbonyl (C=O) groups is 2. The minimum atomic E-state index is -0.635. The zero-order valence-electron chi connectivity index (χ0n) is 4.40. The van der Waals surface area contributed by atoms with Crippen molar-refractivity contribution in [1.29, 1.82) is 0 Å². The zero-order chi connectivity index (χ0) is 6.57. The summed E-state index contributed by atoms with van der Waals surface area (Å²) in [5.74, 6) is -0.356. The molecule has 0 fully saturated rings. The highest BCUT2D eigenvalue weighted by atomic mass is 35.5. The molecule has 0 aliphatic rings. The fraction of sp³-hybridized carbons (Fsp3) is 0.500. The number of hydrogen-bond donors (Lipinski definition) is 1. The number of carbonyl (C=O) groups excluding carboxylic acids is 2. The molecule has 0 unspecified atom stereocenters. The summed E-state index contributed by atoms with van der Waals surface area (Å²) in [6.45, 7) is 0. The molecule has 0 bridgehead atoms. The number of halogens is 1. The minimum absolute atomic E-state index is 0.238. The first-order valence-electron chi connectivity index (χ1n) is 2.05. The van der Waals surface area contributed by atoms with Crippen molar-refractivity contribution in [1.82, 2.24) is 5.32 Å². The van der Waals surface area contributed by atoms with Gasteiger partial charge in [-0.1, -0.05) is 0 Å². The Balaban J connectivity index is 3.40. The summed E-state index contributed by atoms with van der Waals surface area (Å²) in [4.78, 5) is 20.1. The van der Waals surface area contributed by atoms with Gasteiger partial charge in [-0.25, -0.2) is 0 Å². The molecule has 3 nitrogen and oxygen atoms in total. The molecule has 0 aromatic heterocycles. The predicted molar refractivity (Wildman–Crippen MR) is 29.5 cm³/mol. The Morgan fingerprint density at radius 3 is 2.25 bits per heavy atom. The van der Waals surface area contributed by atoms with E-state index >= 15 is 0 Å². The third-order valence-corrected chi connectivity index (χ3v) is 0.712. The van der Waals surface area contributed by atoms with Crippen molar-refractivity contribution in [2.75, 3.05) is 7.05 Å². The predicted octanol–water partition coefficient (Wildman–Crippen LogP) is -0.112. The molecule has 0 heterocycles. The van der Waals surface area contributed by atoms with Gasteiger partial charge in [0, 0.05) is 7.05 Å². The average molecular weight is 136 g/mol. The molecule has 0 aliphatic heterocycles. The van der Waals surface area contributed by atoms with Crippen LogP contribution in [0.3, 0.4) is 0 Å².